The molecule has 0 saturated heterocycles. The summed E-state index contributed by atoms with van der Waals surface area (Å²) in [5.74, 6) is 0. The standard InChI is InChI=1S/C7H10N4O/c8-7(12)10-3-4-11-6(5-10)1-2-9-11/h1,3-4,9H,2,5H2,(H2,8,12). The maximum atomic E-state index is 10.8. The second-order valence-electron chi connectivity index (χ2n) is 2.69. The summed E-state index contributed by atoms with van der Waals surface area (Å²) < 4.78 is 0. The monoisotopic (exact) mass is 166 g/mol. The molecule has 12 heavy (non-hydrogen) atoms. The second-order valence-corrected chi connectivity index (χ2v) is 2.69. The normalized spacial score (nSPS) is 20.8. The van der Waals surface area contributed by atoms with Gasteiger partial charge in [0.05, 0.1) is 12.2 Å². The zero-order valence-electron chi connectivity index (χ0n) is 6.53. The average molecular weight is 166 g/mol. The van der Waals surface area contributed by atoms with Gasteiger partial charge < -0.3 is 5.73 Å². The van der Waals surface area contributed by atoms with Crippen molar-refractivity contribution in [2.45, 2.75) is 0 Å². The van der Waals surface area contributed by atoms with Crippen LogP contribution in [0.4, 0.5) is 4.79 Å². The summed E-state index contributed by atoms with van der Waals surface area (Å²) in [6, 6.07) is -0.418. The Morgan fingerprint density at radius 1 is 1.58 bits per heavy atom. The molecular weight excluding hydrogens is 156 g/mol. The Labute approximate surface area is 70.1 Å². The molecule has 2 aliphatic rings. The molecule has 3 N–H and O–H groups in total. The van der Waals surface area contributed by atoms with Crippen LogP contribution in [-0.4, -0.2) is 29.0 Å². The number of nitrogens with two attached hydrogens (primary N) is 1. The molecule has 0 aromatic heterocycles. The molecular formula is C7H10N4O. The van der Waals surface area contributed by atoms with Gasteiger partial charge in [-0.05, 0) is 6.08 Å². The van der Waals surface area contributed by atoms with Crippen molar-refractivity contribution in [3.05, 3.63) is 24.2 Å². The number of hydrazine groups is 1. The van der Waals surface area contributed by atoms with Gasteiger partial charge in [0.1, 0.15) is 0 Å². The minimum Gasteiger partial charge on any atom is -0.351 e. The molecule has 0 unspecified atom stereocenters. The highest BCUT2D eigenvalue weighted by atomic mass is 16.2. The van der Waals surface area contributed by atoms with Crippen molar-refractivity contribution in [1.29, 1.82) is 0 Å². The highest BCUT2D eigenvalue weighted by Gasteiger charge is 2.20. The van der Waals surface area contributed by atoms with E-state index in [1.165, 1.54) is 4.90 Å². The maximum Gasteiger partial charge on any atom is 0.319 e. The van der Waals surface area contributed by atoms with Crippen LogP contribution >= 0.6 is 0 Å². The summed E-state index contributed by atoms with van der Waals surface area (Å²) in [6.07, 6.45) is 5.48. The van der Waals surface area contributed by atoms with E-state index >= 15 is 0 Å². The minimum atomic E-state index is -0.418. The molecule has 2 rings (SSSR count). The SMILES string of the molecule is NC(=O)N1C=CN2NCC=C2C1. The number of primary amides is 1. The van der Waals surface area contributed by atoms with Crippen molar-refractivity contribution < 1.29 is 4.79 Å². The highest BCUT2D eigenvalue weighted by molar-refractivity contribution is 5.73. The van der Waals surface area contributed by atoms with E-state index in [0.29, 0.717) is 6.54 Å². The first kappa shape index (κ1) is 7.17. The fourth-order valence-corrected chi connectivity index (χ4v) is 1.28. The number of fused-ring (bicyclic) bond motifs is 1. The minimum absolute atomic E-state index is 0.418. The zero-order valence-corrected chi connectivity index (χ0v) is 6.53. The summed E-state index contributed by atoms with van der Waals surface area (Å²) >= 11 is 0. The van der Waals surface area contributed by atoms with Crippen LogP contribution in [-0.2, 0) is 0 Å². The Morgan fingerprint density at radius 2 is 2.42 bits per heavy atom. The van der Waals surface area contributed by atoms with Gasteiger partial charge in [-0.3, -0.25) is 9.91 Å². The van der Waals surface area contributed by atoms with Gasteiger partial charge in [0.25, 0.3) is 0 Å². The quantitative estimate of drug-likeness (QED) is 0.512. The number of rotatable bonds is 0. The molecule has 2 aliphatic heterocycles. The van der Waals surface area contributed by atoms with E-state index in [4.69, 9.17) is 5.73 Å². The summed E-state index contributed by atoms with van der Waals surface area (Å²) in [6.45, 7) is 1.37. The molecule has 2 amide bonds. The van der Waals surface area contributed by atoms with E-state index in [9.17, 15) is 4.79 Å². The van der Waals surface area contributed by atoms with Crippen LogP contribution in [0.2, 0.25) is 0 Å². The third-order valence-corrected chi connectivity index (χ3v) is 1.92. The highest BCUT2D eigenvalue weighted by Crippen LogP contribution is 2.14. The van der Waals surface area contributed by atoms with Crippen LogP contribution < -0.4 is 11.2 Å². The molecule has 64 valence electrons. The van der Waals surface area contributed by atoms with Crippen LogP contribution in [0.1, 0.15) is 0 Å². The molecule has 0 radical (unpaired) electrons. The molecule has 0 aromatic rings. The van der Waals surface area contributed by atoms with Gasteiger partial charge in [-0.15, -0.1) is 0 Å². The van der Waals surface area contributed by atoms with E-state index in [2.05, 4.69) is 5.43 Å². The van der Waals surface area contributed by atoms with Crippen LogP contribution in [0.5, 0.6) is 0 Å². The number of carbonyl (C=O) groups is 1. The summed E-state index contributed by atoms with van der Waals surface area (Å²) in [5, 5.41) is 1.89. The molecule has 0 saturated carbocycles. The van der Waals surface area contributed by atoms with Crippen LogP contribution in [0.15, 0.2) is 24.2 Å². The Morgan fingerprint density at radius 3 is 3.17 bits per heavy atom. The van der Waals surface area contributed by atoms with Crippen LogP contribution in [0.25, 0.3) is 0 Å². The van der Waals surface area contributed by atoms with Gasteiger partial charge in [0, 0.05) is 18.9 Å². The molecule has 0 fully saturated rings. The van der Waals surface area contributed by atoms with Gasteiger partial charge >= 0.3 is 6.03 Å². The molecule has 5 nitrogen and oxygen atoms in total. The van der Waals surface area contributed by atoms with E-state index in [-0.39, 0.29) is 0 Å². The van der Waals surface area contributed by atoms with Crippen molar-refractivity contribution >= 4 is 6.03 Å². The van der Waals surface area contributed by atoms with E-state index in [1.54, 1.807) is 12.4 Å². The van der Waals surface area contributed by atoms with Gasteiger partial charge in [-0.1, -0.05) is 0 Å². The predicted octanol–water partition coefficient (Wildman–Crippen LogP) is -0.444. The lowest BCUT2D eigenvalue weighted by molar-refractivity contribution is 0.218. The topological polar surface area (TPSA) is 61.6 Å². The van der Waals surface area contributed by atoms with Crippen molar-refractivity contribution in [3.8, 4) is 0 Å². The third-order valence-electron chi connectivity index (χ3n) is 1.92. The van der Waals surface area contributed by atoms with Gasteiger partial charge in [-0.2, -0.15) is 0 Å². The Kier molecular flexibility index (Phi) is 1.51. The lowest BCUT2D eigenvalue weighted by Gasteiger charge is -2.27. The molecule has 0 spiro atoms. The Hall–Kier alpha value is -1.49. The molecule has 0 aromatic carbocycles. The summed E-state index contributed by atoms with van der Waals surface area (Å²) in [5.41, 5.74) is 9.28. The van der Waals surface area contributed by atoms with Crippen molar-refractivity contribution in [1.82, 2.24) is 15.3 Å². The first-order valence-electron chi connectivity index (χ1n) is 3.73. The Balaban J connectivity index is 2.17. The molecule has 0 atom stereocenters. The van der Waals surface area contributed by atoms with E-state index < -0.39 is 6.03 Å². The second kappa shape index (κ2) is 2.53. The van der Waals surface area contributed by atoms with E-state index in [0.717, 1.165) is 12.2 Å². The fourth-order valence-electron chi connectivity index (χ4n) is 1.28. The first-order valence-corrected chi connectivity index (χ1v) is 3.73. The number of hydrogen-bond donors (Lipinski definition) is 2. The predicted molar refractivity (Wildman–Crippen MR) is 43.4 cm³/mol. The van der Waals surface area contributed by atoms with Crippen LogP contribution in [0, 0.1) is 0 Å². The number of urea groups is 1. The number of hydrogen-bond acceptors (Lipinski definition) is 3. The number of nitrogens with one attached hydrogen (secondary N) is 1. The van der Waals surface area contributed by atoms with Crippen LogP contribution in [0.3, 0.4) is 0 Å². The van der Waals surface area contributed by atoms with Crippen molar-refractivity contribution in [3.63, 3.8) is 0 Å². The van der Waals surface area contributed by atoms with Crippen molar-refractivity contribution in [2.24, 2.45) is 5.73 Å². The van der Waals surface area contributed by atoms with Gasteiger partial charge in [0.15, 0.2) is 0 Å². The lowest BCUT2D eigenvalue weighted by Crippen LogP contribution is -2.40. The number of amides is 2. The van der Waals surface area contributed by atoms with Crippen molar-refractivity contribution in [2.75, 3.05) is 13.1 Å². The van der Waals surface area contributed by atoms with Gasteiger partial charge in [0.2, 0.25) is 0 Å². The Bertz CT molecular complexity index is 271. The molecule has 0 bridgehead atoms. The molecule has 0 aliphatic carbocycles. The smallest absolute Gasteiger partial charge is 0.319 e. The number of carbonyl (C=O) groups excluding carboxylic acids is 1. The van der Waals surface area contributed by atoms with E-state index in [1.807, 2.05) is 11.1 Å². The fraction of sp³-hybridized carbons (Fsp3) is 0.286. The number of nitrogens with zero attached hydrogens (tertiary/aromatic N) is 2. The molecule has 5 heteroatoms. The first-order chi connectivity index (χ1) is 5.77. The van der Waals surface area contributed by atoms with Gasteiger partial charge in [-0.25, -0.2) is 10.2 Å². The lowest BCUT2D eigenvalue weighted by atomic mass is 10.3. The molecule has 2 heterocycles. The summed E-state index contributed by atoms with van der Waals surface area (Å²) in [4.78, 5) is 12.2. The third kappa shape index (κ3) is 1.04. The summed E-state index contributed by atoms with van der Waals surface area (Å²) in [7, 11) is 0. The zero-order chi connectivity index (χ0) is 8.55. The average Bonchev–Trinajstić information content (AvgIpc) is 2.49. The maximum absolute atomic E-state index is 10.8. The largest absolute Gasteiger partial charge is 0.351 e.